The minimum Gasteiger partial charge on any atom is -0.519 e. The predicted molar refractivity (Wildman–Crippen MR) is 141 cm³/mol. The first kappa shape index (κ1) is 29.8. The number of hydrogen-bond acceptors (Lipinski definition) is 6. The van der Waals surface area contributed by atoms with Crippen LogP contribution in [-0.2, 0) is 22.5 Å². The van der Waals surface area contributed by atoms with Crippen molar-refractivity contribution < 1.29 is 22.5 Å². The summed E-state index contributed by atoms with van der Waals surface area (Å²) in [5.41, 5.74) is 1.11. The van der Waals surface area contributed by atoms with Crippen LogP contribution in [0.4, 0.5) is 5.69 Å². The molecule has 1 aromatic carbocycles. The number of carbonyl (C=O) groups excluding carboxylic acids is 1. The molecule has 0 aliphatic heterocycles. The maximum Gasteiger partial charge on any atom is 0.500 e. The maximum atomic E-state index is 13.0. The zero-order valence-corrected chi connectivity index (χ0v) is 24.0. The zero-order valence-electron chi connectivity index (χ0n) is 22.0. The molecular formula is C25H47NO5Si2. The van der Waals surface area contributed by atoms with Crippen molar-refractivity contribution in [3.63, 3.8) is 0 Å². The van der Waals surface area contributed by atoms with Gasteiger partial charge in [0.25, 0.3) is 14.3 Å². The Morgan fingerprint density at radius 2 is 1.39 bits per heavy atom. The Hall–Kier alpha value is -1.20. The summed E-state index contributed by atoms with van der Waals surface area (Å²) in [4.78, 5) is 15.3. The standard InChI is InChI=1S/C25H47NO5Si2/c1-8-28-33(29-9-2,30-10-3)21-17-20-26(24-18-15-14-16-19-24)22-23(7)25(27)31-32(11-4,12-5)13-6/h14-16,18-19,23H,8-13,17,20-22H2,1-7H3. The molecule has 1 unspecified atom stereocenters. The fourth-order valence-electron chi connectivity index (χ4n) is 4.14. The quantitative estimate of drug-likeness (QED) is 0.228. The lowest BCUT2D eigenvalue weighted by Crippen LogP contribution is -2.46. The summed E-state index contributed by atoms with van der Waals surface area (Å²) in [5, 5.41) is 0. The van der Waals surface area contributed by atoms with E-state index in [4.69, 9.17) is 17.7 Å². The van der Waals surface area contributed by atoms with Gasteiger partial charge < -0.3 is 22.6 Å². The van der Waals surface area contributed by atoms with Crippen molar-refractivity contribution in [3.8, 4) is 0 Å². The van der Waals surface area contributed by atoms with E-state index in [-0.39, 0.29) is 11.9 Å². The van der Waals surface area contributed by atoms with E-state index in [1.807, 2.05) is 45.9 Å². The van der Waals surface area contributed by atoms with E-state index in [1.165, 1.54) is 0 Å². The van der Waals surface area contributed by atoms with Crippen LogP contribution in [0.1, 0.15) is 54.9 Å². The summed E-state index contributed by atoms with van der Waals surface area (Å²) >= 11 is 0. The van der Waals surface area contributed by atoms with Crippen molar-refractivity contribution in [2.45, 2.75) is 79.1 Å². The summed E-state index contributed by atoms with van der Waals surface area (Å²) in [6, 6.07) is 13.9. The second-order valence-electron chi connectivity index (χ2n) is 8.43. The predicted octanol–water partition coefficient (Wildman–Crippen LogP) is 6.12. The minimum absolute atomic E-state index is 0.0604. The Morgan fingerprint density at radius 1 is 0.879 bits per heavy atom. The average Bonchev–Trinajstić information content (AvgIpc) is 2.83. The lowest BCUT2D eigenvalue weighted by atomic mass is 10.1. The highest BCUT2D eigenvalue weighted by molar-refractivity contribution is 6.74. The van der Waals surface area contributed by atoms with Gasteiger partial charge in [-0.3, -0.25) is 4.79 Å². The SMILES string of the molecule is CCO[Si](CCCN(CC(C)C(=O)O[Si](CC)(CC)CC)c1ccccc1)(OCC)OCC. The molecular weight excluding hydrogens is 450 g/mol. The average molecular weight is 498 g/mol. The van der Waals surface area contributed by atoms with Gasteiger partial charge in [0, 0.05) is 44.6 Å². The Labute approximate surface area is 204 Å². The van der Waals surface area contributed by atoms with Crippen LogP contribution < -0.4 is 4.90 Å². The number of anilines is 1. The van der Waals surface area contributed by atoms with Crippen LogP contribution in [0.2, 0.25) is 24.2 Å². The van der Waals surface area contributed by atoms with E-state index in [0.29, 0.717) is 26.4 Å². The summed E-state index contributed by atoms with van der Waals surface area (Å²) in [6.45, 7) is 17.5. The molecule has 6 nitrogen and oxygen atoms in total. The molecule has 1 aromatic rings. The third-order valence-corrected chi connectivity index (χ3v) is 13.9. The highest BCUT2D eigenvalue weighted by Crippen LogP contribution is 2.25. The van der Waals surface area contributed by atoms with Gasteiger partial charge in [-0.25, -0.2) is 0 Å². The summed E-state index contributed by atoms with van der Waals surface area (Å²) in [6.07, 6.45) is 0.862. The van der Waals surface area contributed by atoms with Gasteiger partial charge in [0.2, 0.25) is 0 Å². The number of rotatable bonds is 18. The van der Waals surface area contributed by atoms with E-state index in [9.17, 15) is 4.79 Å². The molecule has 0 heterocycles. The van der Waals surface area contributed by atoms with Gasteiger partial charge >= 0.3 is 8.80 Å². The molecule has 8 heteroatoms. The molecule has 1 atom stereocenters. The minimum atomic E-state index is -2.68. The third-order valence-electron chi connectivity index (χ3n) is 6.27. The zero-order chi connectivity index (χ0) is 24.7. The van der Waals surface area contributed by atoms with Gasteiger partial charge in [-0.15, -0.1) is 0 Å². The van der Waals surface area contributed by atoms with Crippen LogP contribution in [0.25, 0.3) is 0 Å². The van der Waals surface area contributed by atoms with Crippen LogP contribution in [0.3, 0.4) is 0 Å². The number of para-hydroxylation sites is 1. The molecule has 0 spiro atoms. The monoisotopic (exact) mass is 497 g/mol. The molecule has 0 aliphatic rings. The Balaban J connectivity index is 2.91. The molecule has 0 bridgehead atoms. The fraction of sp³-hybridized carbons (Fsp3) is 0.720. The van der Waals surface area contributed by atoms with Gasteiger partial charge in [0.15, 0.2) is 0 Å². The summed E-state index contributed by atoms with van der Waals surface area (Å²) in [7, 11) is -4.65. The van der Waals surface area contributed by atoms with Gasteiger partial charge in [-0.1, -0.05) is 45.9 Å². The van der Waals surface area contributed by atoms with Gasteiger partial charge in [-0.05, 0) is 57.5 Å². The third kappa shape index (κ3) is 9.52. The number of hydrogen-bond donors (Lipinski definition) is 0. The molecule has 190 valence electrons. The molecule has 0 amide bonds. The van der Waals surface area contributed by atoms with Crippen molar-refractivity contribution in [1.82, 2.24) is 0 Å². The van der Waals surface area contributed by atoms with E-state index < -0.39 is 17.1 Å². The fourth-order valence-corrected chi connectivity index (χ4v) is 9.29. The smallest absolute Gasteiger partial charge is 0.500 e. The Bertz CT molecular complexity index is 632. The number of benzene rings is 1. The topological polar surface area (TPSA) is 57.2 Å². The molecule has 33 heavy (non-hydrogen) atoms. The number of nitrogens with zero attached hydrogens (tertiary/aromatic N) is 1. The van der Waals surface area contributed by atoms with Crippen molar-refractivity contribution in [2.24, 2.45) is 5.92 Å². The molecule has 0 radical (unpaired) electrons. The molecule has 0 saturated heterocycles. The normalized spacial score (nSPS) is 13.1. The molecule has 0 N–H and O–H groups in total. The first-order valence-electron chi connectivity index (χ1n) is 12.8. The van der Waals surface area contributed by atoms with Crippen LogP contribution in [0, 0.1) is 5.92 Å². The lowest BCUT2D eigenvalue weighted by molar-refractivity contribution is -0.139. The first-order valence-corrected chi connectivity index (χ1v) is 17.3. The highest BCUT2D eigenvalue weighted by Gasteiger charge is 2.40. The molecule has 1 rings (SSSR count). The highest BCUT2D eigenvalue weighted by atomic mass is 28.4. The van der Waals surface area contributed by atoms with Gasteiger partial charge in [0.1, 0.15) is 0 Å². The van der Waals surface area contributed by atoms with Crippen LogP contribution in [0.15, 0.2) is 30.3 Å². The van der Waals surface area contributed by atoms with Gasteiger partial charge in [-0.2, -0.15) is 0 Å². The van der Waals surface area contributed by atoms with Crippen molar-refractivity contribution in [2.75, 3.05) is 37.8 Å². The van der Waals surface area contributed by atoms with E-state index in [1.54, 1.807) is 0 Å². The number of carbonyl (C=O) groups is 1. The molecule has 0 aromatic heterocycles. The van der Waals surface area contributed by atoms with Crippen LogP contribution in [-0.4, -0.2) is 56.0 Å². The second-order valence-corrected chi connectivity index (χ2v) is 15.9. The lowest BCUT2D eigenvalue weighted by Gasteiger charge is -2.33. The maximum absolute atomic E-state index is 13.0. The van der Waals surface area contributed by atoms with Crippen molar-refractivity contribution >= 4 is 28.8 Å². The van der Waals surface area contributed by atoms with Gasteiger partial charge in [0.05, 0.1) is 5.92 Å². The van der Waals surface area contributed by atoms with Crippen LogP contribution >= 0.6 is 0 Å². The Morgan fingerprint density at radius 3 is 1.85 bits per heavy atom. The van der Waals surface area contributed by atoms with E-state index in [2.05, 4.69) is 37.8 Å². The largest absolute Gasteiger partial charge is 0.519 e. The van der Waals surface area contributed by atoms with Crippen molar-refractivity contribution in [1.29, 1.82) is 0 Å². The summed E-state index contributed by atoms with van der Waals surface area (Å²) in [5.74, 6) is -0.260. The Kier molecular flexibility index (Phi) is 14.2. The molecule has 0 aliphatic carbocycles. The summed E-state index contributed by atoms with van der Waals surface area (Å²) < 4.78 is 24.2. The molecule has 0 fully saturated rings. The second kappa shape index (κ2) is 15.7. The van der Waals surface area contributed by atoms with E-state index in [0.717, 1.165) is 42.8 Å². The van der Waals surface area contributed by atoms with Crippen LogP contribution in [0.5, 0.6) is 0 Å². The van der Waals surface area contributed by atoms with Crippen molar-refractivity contribution in [3.05, 3.63) is 30.3 Å². The van der Waals surface area contributed by atoms with E-state index >= 15 is 0 Å². The molecule has 0 saturated carbocycles. The first-order chi connectivity index (χ1) is 15.8.